The van der Waals surface area contributed by atoms with Crippen LogP contribution in [0, 0.1) is 0 Å². The lowest BCUT2D eigenvalue weighted by Crippen LogP contribution is -2.40. The Morgan fingerprint density at radius 3 is 2.93 bits per heavy atom. The second-order valence-corrected chi connectivity index (χ2v) is 3.42. The van der Waals surface area contributed by atoms with Crippen molar-refractivity contribution in [1.29, 1.82) is 0 Å². The molecule has 1 aliphatic rings. The van der Waals surface area contributed by atoms with Crippen LogP contribution in [-0.2, 0) is 6.54 Å². The van der Waals surface area contributed by atoms with Gasteiger partial charge in [-0.3, -0.25) is 0 Å². The van der Waals surface area contributed by atoms with Gasteiger partial charge in [-0.1, -0.05) is 30.3 Å². The number of nitrogens with one attached hydrogen (secondary N) is 3. The number of benzene rings is 2. The predicted molar refractivity (Wildman–Crippen MR) is 57.5 cm³/mol. The Hall–Kier alpha value is -1.58. The van der Waals surface area contributed by atoms with Crippen LogP contribution >= 0.6 is 0 Å². The van der Waals surface area contributed by atoms with E-state index in [0.29, 0.717) is 0 Å². The molecule has 0 fully saturated rings. The zero-order valence-corrected chi connectivity index (χ0v) is 7.67. The molecule has 0 amide bonds. The largest absolute Gasteiger partial charge is 0.308 e. The summed E-state index contributed by atoms with van der Waals surface area (Å²) in [4.78, 5) is 0. The van der Waals surface area contributed by atoms with E-state index in [4.69, 9.17) is 0 Å². The minimum Gasteiger partial charge on any atom is -0.308 e. The molecule has 3 rings (SSSR count). The zero-order valence-electron chi connectivity index (χ0n) is 7.67. The maximum absolute atomic E-state index is 3.09. The van der Waals surface area contributed by atoms with Gasteiger partial charge < -0.3 is 5.43 Å². The van der Waals surface area contributed by atoms with Crippen LogP contribution in [0.1, 0.15) is 5.56 Å². The highest BCUT2D eigenvalue weighted by Gasteiger charge is 2.09. The molecule has 3 N–H and O–H groups in total. The summed E-state index contributed by atoms with van der Waals surface area (Å²) in [7, 11) is 0. The lowest BCUT2D eigenvalue weighted by molar-refractivity contribution is 0.570. The molecule has 0 atom stereocenters. The number of fused-ring (bicyclic) bond motifs is 3. The smallest absolute Gasteiger partial charge is 0.0553 e. The van der Waals surface area contributed by atoms with Gasteiger partial charge in [-0.05, 0) is 22.4 Å². The quantitative estimate of drug-likeness (QED) is 0.585. The van der Waals surface area contributed by atoms with Gasteiger partial charge in [0.15, 0.2) is 0 Å². The van der Waals surface area contributed by atoms with E-state index in [0.717, 1.165) is 12.2 Å². The van der Waals surface area contributed by atoms with Crippen molar-refractivity contribution in [3.63, 3.8) is 0 Å². The second-order valence-electron chi connectivity index (χ2n) is 3.42. The van der Waals surface area contributed by atoms with Gasteiger partial charge in [0.1, 0.15) is 0 Å². The molecular weight excluding hydrogens is 174 g/mol. The topological polar surface area (TPSA) is 36.1 Å². The minimum atomic E-state index is 0.851. The normalized spacial score (nSPS) is 14.9. The average molecular weight is 185 g/mol. The maximum atomic E-state index is 3.09. The third kappa shape index (κ3) is 1.07. The fraction of sp³-hybridized carbons (Fsp3) is 0.0909. The van der Waals surface area contributed by atoms with Crippen LogP contribution in [0.15, 0.2) is 36.4 Å². The highest BCUT2D eigenvalue weighted by atomic mass is 15.6. The standard InChI is InChI=1S/C11H11N3/c1-2-4-9-8(3-1)5-6-11-10(9)7-12-14-13-11/h1-6,12-14H,7H2. The number of hydrogen-bond donors (Lipinski definition) is 3. The summed E-state index contributed by atoms with van der Waals surface area (Å²) in [6, 6.07) is 12.7. The van der Waals surface area contributed by atoms with Crippen molar-refractivity contribution in [1.82, 2.24) is 11.0 Å². The Morgan fingerprint density at radius 1 is 1.00 bits per heavy atom. The summed E-state index contributed by atoms with van der Waals surface area (Å²) in [5.74, 6) is 0. The molecule has 2 aromatic rings. The molecule has 0 unspecified atom stereocenters. The summed E-state index contributed by atoms with van der Waals surface area (Å²) in [5.41, 5.74) is 11.5. The second kappa shape index (κ2) is 2.97. The number of hydrazine groups is 2. The molecule has 0 bridgehead atoms. The molecule has 0 aliphatic carbocycles. The third-order valence-electron chi connectivity index (χ3n) is 2.59. The molecule has 0 radical (unpaired) electrons. The summed E-state index contributed by atoms with van der Waals surface area (Å²) in [5, 5.41) is 2.60. The Bertz CT molecular complexity index is 479. The Balaban J connectivity index is 2.34. The minimum absolute atomic E-state index is 0.851. The highest BCUT2D eigenvalue weighted by Crippen LogP contribution is 2.26. The van der Waals surface area contributed by atoms with Crippen LogP contribution in [0.2, 0.25) is 0 Å². The van der Waals surface area contributed by atoms with Gasteiger partial charge in [0.2, 0.25) is 0 Å². The van der Waals surface area contributed by atoms with Gasteiger partial charge in [-0.25, -0.2) is 5.43 Å². The Labute approximate surface area is 82.1 Å². The van der Waals surface area contributed by atoms with Crippen LogP contribution in [0.25, 0.3) is 10.8 Å². The van der Waals surface area contributed by atoms with Gasteiger partial charge in [0.05, 0.1) is 5.69 Å². The third-order valence-corrected chi connectivity index (χ3v) is 2.59. The number of anilines is 1. The van der Waals surface area contributed by atoms with Crippen LogP contribution in [-0.4, -0.2) is 0 Å². The van der Waals surface area contributed by atoms with Crippen molar-refractivity contribution in [2.75, 3.05) is 5.43 Å². The van der Waals surface area contributed by atoms with E-state index < -0.39 is 0 Å². The molecule has 1 heterocycles. The first-order valence-corrected chi connectivity index (χ1v) is 4.70. The maximum Gasteiger partial charge on any atom is 0.0553 e. The van der Waals surface area contributed by atoms with E-state index in [1.165, 1.54) is 16.3 Å². The zero-order chi connectivity index (χ0) is 9.38. The van der Waals surface area contributed by atoms with E-state index >= 15 is 0 Å². The summed E-state index contributed by atoms with van der Waals surface area (Å²) < 4.78 is 0. The number of hydrogen-bond acceptors (Lipinski definition) is 3. The molecule has 2 aromatic carbocycles. The fourth-order valence-corrected chi connectivity index (χ4v) is 1.89. The van der Waals surface area contributed by atoms with Gasteiger partial charge in [0, 0.05) is 6.54 Å². The average Bonchev–Trinajstić information content (AvgIpc) is 2.29. The van der Waals surface area contributed by atoms with Crippen LogP contribution in [0.3, 0.4) is 0 Å². The molecule has 14 heavy (non-hydrogen) atoms. The Morgan fingerprint density at radius 2 is 1.93 bits per heavy atom. The first-order chi connectivity index (χ1) is 6.95. The molecule has 70 valence electrons. The fourth-order valence-electron chi connectivity index (χ4n) is 1.89. The summed E-state index contributed by atoms with van der Waals surface area (Å²) in [6.45, 7) is 0.851. The van der Waals surface area contributed by atoms with Gasteiger partial charge >= 0.3 is 0 Å². The van der Waals surface area contributed by atoms with E-state index in [1.54, 1.807) is 0 Å². The van der Waals surface area contributed by atoms with E-state index in [1.807, 2.05) is 0 Å². The van der Waals surface area contributed by atoms with Crippen molar-refractivity contribution in [2.24, 2.45) is 0 Å². The monoisotopic (exact) mass is 185 g/mol. The molecule has 3 heteroatoms. The van der Waals surface area contributed by atoms with Crippen LogP contribution in [0.5, 0.6) is 0 Å². The Kier molecular flexibility index (Phi) is 1.65. The first kappa shape index (κ1) is 7.79. The van der Waals surface area contributed by atoms with Crippen molar-refractivity contribution >= 4 is 16.5 Å². The van der Waals surface area contributed by atoms with Crippen LogP contribution < -0.4 is 16.4 Å². The van der Waals surface area contributed by atoms with Gasteiger partial charge in [-0.2, -0.15) is 5.53 Å². The van der Waals surface area contributed by atoms with Crippen molar-refractivity contribution in [3.05, 3.63) is 42.0 Å². The van der Waals surface area contributed by atoms with Crippen LogP contribution in [0.4, 0.5) is 5.69 Å². The molecule has 0 saturated heterocycles. The summed E-state index contributed by atoms with van der Waals surface area (Å²) in [6.07, 6.45) is 0. The molecule has 0 spiro atoms. The van der Waals surface area contributed by atoms with E-state index in [9.17, 15) is 0 Å². The lowest BCUT2D eigenvalue weighted by Gasteiger charge is -2.21. The van der Waals surface area contributed by atoms with Crippen molar-refractivity contribution in [2.45, 2.75) is 6.54 Å². The molecule has 0 aromatic heterocycles. The molecular formula is C11H11N3. The van der Waals surface area contributed by atoms with Crippen molar-refractivity contribution in [3.8, 4) is 0 Å². The molecule has 0 saturated carbocycles. The predicted octanol–water partition coefficient (Wildman–Crippen LogP) is 1.77. The van der Waals surface area contributed by atoms with E-state index in [2.05, 4.69) is 52.8 Å². The van der Waals surface area contributed by atoms with Crippen molar-refractivity contribution < 1.29 is 0 Å². The molecule has 3 nitrogen and oxygen atoms in total. The van der Waals surface area contributed by atoms with Gasteiger partial charge in [-0.15, -0.1) is 0 Å². The first-order valence-electron chi connectivity index (χ1n) is 4.70. The lowest BCUT2D eigenvalue weighted by atomic mass is 10.0. The van der Waals surface area contributed by atoms with E-state index in [-0.39, 0.29) is 0 Å². The highest BCUT2D eigenvalue weighted by molar-refractivity contribution is 5.90. The summed E-state index contributed by atoms with van der Waals surface area (Å²) >= 11 is 0. The molecule has 1 aliphatic heterocycles. The number of rotatable bonds is 0. The van der Waals surface area contributed by atoms with Gasteiger partial charge in [0.25, 0.3) is 0 Å². The SMILES string of the molecule is c1ccc2c3c(ccc2c1)NNNC3.